The van der Waals surface area contributed by atoms with Gasteiger partial charge in [0.1, 0.15) is 5.60 Å². The van der Waals surface area contributed by atoms with Gasteiger partial charge in [-0.15, -0.1) is 24.0 Å². The van der Waals surface area contributed by atoms with Crippen LogP contribution in [0.5, 0.6) is 0 Å². The van der Waals surface area contributed by atoms with Crippen LogP contribution in [-0.4, -0.2) is 73.4 Å². The number of ether oxygens (including phenoxy) is 2. The van der Waals surface area contributed by atoms with E-state index < -0.39 is 5.60 Å². The highest BCUT2D eigenvalue weighted by Gasteiger charge is 2.27. The molecule has 25 heavy (non-hydrogen) atoms. The molecule has 1 saturated heterocycles. The zero-order chi connectivity index (χ0) is 18.5. The molecule has 1 fully saturated rings. The fourth-order valence-electron chi connectivity index (χ4n) is 2.42. The predicted molar refractivity (Wildman–Crippen MR) is 112 cm³/mol. The van der Waals surface area contributed by atoms with Crippen molar-refractivity contribution in [3.8, 4) is 0 Å². The number of hydrogen-bond acceptors (Lipinski definition) is 4. The predicted octanol–water partition coefficient (Wildman–Crippen LogP) is 2.53. The molecule has 1 rings (SSSR count). The van der Waals surface area contributed by atoms with E-state index in [9.17, 15) is 4.79 Å². The first-order chi connectivity index (χ1) is 10.9. The van der Waals surface area contributed by atoms with Crippen LogP contribution in [0.4, 0.5) is 4.79 Å². The van der Waals surface area contributed by atoms with Gasteiger partial charge in [0, 0.05) is 33.3 Å². The summed E-state index contributed by atoms with van der Waals surface area (Å²) in [6, 6.07) is 0. The van der Waals surface area contributed by atoms with Gasteiger partial charge in [-0.2, -0.15) is 0 Å². The fourth-order valence-corrected chi connectivity index (χ4v) is 2.42. The lowest BCUT2D eigenvalue weighted by molar-refractivity contribution is 0.0182. The number of carbonyl (C=O) groups excluding carboxylic acids is 1. The van der Waals surface area contributed by atoms with Gasteiger partial charge in [0.2, 0.25) is 0 Å². The molecule has 148 valence electrons. The molecule has 0 spiro atoms. The van der Waals surface area contributed by atoms with Crippen molar-refractivity contribution >= 4 is 36.0 Å². The molecule has 1 unspecified atom stereocenters. The molecule has 7 nitrogen and oxygen atoms in total. The van der Waals surface area contributed by atoms with Crippen LogP contribution in [0.3, 0.4) is 0 Å². The van der Waals surface area contributed by atoms with Crippen molar-refractivity contribution in [1.29, 1.82) is 0 Å². The number of aliphatic imine (C=N–C) groups is 1. The maximum Gasteiger partial charge on any atom is 0.410 e. The van der Waals surface area contributed by atoms with E-state index in [2.05, 4.69) is 25.8 Å². The largest absolute Gasteiger partial charge is 0.444 e. The molecule has 2 N–H and O–H groups in total. The summed E-state index contributed by atoms with van der Waals surface area (Å²) < 4.78 is 10.9. The normalized spacial score (nSPS) is 17.8. The van der Waals surface area contributed by atoms with Gasteiger partial charge in [0.15, 0.2) is 5.96 Å². The van der Waals surface area contributed by atoms with Crippen LogP contribution in [0, 0.1) is 5.41 Å². The summed E-state index contributed by atoms with van der Waals surface area (Å²) >= 11 is 0. The summed E-state index contributed by atoms with van der Waals surface area (Å²) in [6.07, 6.45) is -0.260. The van der Waals surface area contributed by atoms with Crippen LogP contribution in [0.1, 0.15) is 41.5 Å². The number of nitrogens with two attached hydrogens (primary N) is 1. The van der Waals surface area contributed by atoms with Crippen LogP contribution in [-0.2, 0) is 9.47 Å². The Labute approximate surface area is 169 Å². The number of carbonyl (C=O) groups is 1. The van der Waals surface area contributed by atoms with Gasteiger partial charge in [0.05, 0.1) is 12.6 Å². The molecule has 1 amide bonds. The summed E-state index contributed by atoms with van der Waals surface area (Å²) in [5, 5.41) is 0. The van der Waals surface area contributed by atoms with E-state index in [0.717, 1.165) is 0 Å². The molecule has 0 aromatic heterocycles. The first-order valence-electron chi connectivity index (χ1n) is 8.49. The molecule has 0 bridgehead atoms. The van der Waals surface area contributed by atoms with Crippen molar-refractivity contribution < 1.29 is 14.3 Å². The van der Waals surface area contributed by atoms with Crippen molar-refractivity contribution in [2.45, 2.75) is 53.2 Å². The van der Waals surface area contributed by atoms with Crippen molar-refractivity contribution in [3.63, 3.8) is 0 Å². The second-order valence-electron chi connectivity index (χ2n) is 8.24. The van der Waals surface area contributed by atoms with Crippen molar-refractivity contribution in [1.82, 2.24) is 9.80 Å². The number of methoxy groups -OCH3 is 1. The Morgan fingerprint density at radius 1 is 1.08 bits per heavy atom. The average Bonchev–Trinajstić information content (AvgIpc) is 2.44. The fraction of sp³-hybridized carbons (Fsp3) is 0.882. The Morgan fingerprint density at radius 3 is 1.96 bits per heavy atom. The molecule has 1 aliphatic heterocycles. The van der Waals surface area contributed by atoms with Crippen LogP contribution < -0.4 is 5.73 Å². The lowest BCUT2D eigenvalue weighted by Crippen LogP contribution is -2.53. The first-order valence-corrected chi connectivity index (χ1v) is 8.49. The molecule has 0 aliphatic carbocycles. The Hall–Kier alpha value is -0.770. The molecule has 1 heterocycles. The maximum atomic E-state index is 12.1. The molecule has 0 radical (unpaired) electrons. The highest BCUT2D eigenvalue weighted by Crippen LogP contribution is 2.22. The van der Waals surface area contributed by atoms with Crippen molar-refractivity contribution in [2.75, 3.05) is 39.8 Å². The molecular formula is C17H35IN4O3. The van der Waals surface area contributed by atoms with E-state index in [1.165, 1.54) is 0 Å². The van der Waals surface area contributed by atoms with E-state index in [1.807, 2.05) is 25.7 Å². The van der Waals surface area contributed by atoms with Crippen LogP contribution in [0.15, 0.2) is 4.99 Å². The average molecular weight is 470 g/mol. The first kappa shape index (κ1) is 24.2. The van der Waals surface area contributed by atoms with E-state index >= 15 is 0 Å². The van der Waals surface area contributed by atoms with E-state index in [-0.39, 0.29) is 41.6 Å². The topological polar surface area (TPSA) is 80.4 Å². The highest BCUT2D eigenvalue weighted by molar-refractivity contribution is 14.0. The van der Waals surface area contributed by atoms with Gasteiger partial charge in [-0.25, -0.2) is 4.79 Å². The molecular weight excluding hydrogens is 435 g/mol. The minimum absolute atomic E-state index is 0. The summed E-state index contributed by atoms with van der Waals surface area (Å²) in [7, 11) is 1.70. The second-order valence-corrected chi connectivity index (χ2v) is 8.24. The SMILES string of the molecule is COC(CN=C(N)N1CCN(C(=O)OC(C)(C)C)CC1)C(C)(C)C.I. The zero-order valence-corrected chi connectivity index (χ0v) is 19.0. The Bertz CT molecular complexity index is 450. The Kier molecular flexibility index (Phi) is 9.50. The number of hydrogen-bond donors (Lipinski definition) is 1. The van der Waals surface area contributed by atoms with E-state index in [1.54, 1.807) is 12.0 Å². The lowest BCUT2D eigenvalue weighted by atomic mass is 9.89. The summed E-state index contributed by atoms with van der Waals surface area (Å²) in [6.45, 7) is 15.0. The molecule has 1 atom stereocenters. The van der Waals surface area contributed by atoms with Gasteiger partial charge >= 0.3 is 6.09 Å². The quantitative estimate of drug-likeness (QED) is 0.390. The van der Waals surface area contributed by atoms with Gasteiger partial charge in [-0.1, -0.05) is 20.8 Å². The number of nitrogens with zero attached hydrogens (tertiary/aromatic N) is 3. The van der Waals surface area contributed by atoms with E-state index in [0.29, 0.717) is 38.7 Å². The third kappa shape index (κ3) is 8.44. The van der Waals surface area contributed by atoms with Crippen molar-refractivity contribution in [3.05, 3.63) is 0 Å². The van der Waals surface area contributed by atoms with E-state index in [4.69, 9.17) is 15.2 Å². The minimum atomic E-state index is -0.475. The minimum Gasteiger partial charge on any atom is -0.444 e. The molecule has 8 heteroatoms. The molecule has 0 aromatic carbocycles. The smallest absolute Gasteiger partial charge is 0.410 e. The lowest BCUT2D eigenvalue weighted by Gasteiger charge is -2.36. The monoisotopic (exact) mass is 470 g/mol. The van der Waals surface area contributed by atoms with Gasteiger partial charge < -0.3 is 25.0 Å². The Balaban J connectivity index is 0.00000576. The second kappa shape index (κ2) is 9.80. The standard InChI is InChI=1S/C17H34N4O3.HI/c1-16(2,3)13(23-7)12-19-14(18)20-8-10-21(11-9-20)15(22)24-17(4,5)6;/h13H,8-12H2,1-7H3,(H2,18,19);1H. The highest BCUT2D eigenvalue weighted by atomic mass is 127. The number of guanidine groups is 1. The zero-order valence-electron chi connectivity index (χ0n) is 16.7. The number of piperazine rings is 1. The maximum absolute atomic E-state index is 12.1. The number of halogens is 1. The molecule has 1 aliphatic rings. The summed E-state index contributed by atoms with van der Waals surface area (Å²) in [5.41, 5.74) is 5.64. The van der Waals surface area contributed by atoms with Gasteiger partial charge in [-0.05, 0) is 26.2 Å². The number of rotatable bonds is 3. The Morgan fingerprint density at radius 2 is 1.56 bits per heavy atom. The van der Waals surface area contributed by atoms with Gasteiger partial charge in [0.25, 0.3) is 0 Å². The van der Waals surface area contributed by atoms with Crippen LogP contribution in [0.2, 0.25) is 0 Å². The third-order valence-corrected chi connectivity index (χ3v) is 3.92. The van der Waals surface area contributed by atoms with Crippen LogP contribution in [0.25, 0.3) is 0 Å². The summed E-state index contributed by atoms with van der Waals surface area (Å²) in [5.74, 6) is 0.505. The third-order valence-electron chi connectivity index (χ3n) is 3.92. The van der Waals surface area contributed by atoms with Gasteiger partial charge in [-0.3, -0.25) is 4.99 Å². The summed E-state index contributed by atoms with van der Waals surface area (Å²) in [4.78, 5) is 20.2. The number of amides is 1. The molecule has 0 saturated carbocycles. The molecule has 0 aromatic rings. The van der Waals surface area contributed by atoms with Crippen molar-refractivity contribution in [2.24, 2.45) is 16.1 Å². The van der Waals surface area contributed by atoms with Crippen LogP contribution >= 0.6 is 24.0 Å².